The van der Waals surface area contributed by atoms with Crippen LogP contribution >= 0.6 is 0 Å². The molecule has 3 aromatic rings. The minimum Gasteiger partial charge on any atom is -0.452 e. The molecule has 0 aliphatic carbocycles. The SMILES string of the molecule is C[C@H](OC(=O)Cc1nn(C)c(=O)c2ccccc12)C(=O)Nc1cc(F)ccc1F. The van der Waals surface area contributed by atoms with Crippen LogP contribution in [0.5, 0.6) is 0 Å². The fraction of sp³-hybridized carbons (Fsp3) is 0.200. The molecular formula is C20H17F2N3O4. The minimum atomic E-state index is -1.26. The van der Waals surface area contributed by atoms with E-state index >= 15 is 0 Å². The van der Waals surface area contributed by atoms with E-state index in [2.05, 4.69) is 10.4 Å². The normalized spacial score (nSPS) is 11.9. The lowest BCUT2D eigenvalue weighted by molar-refractivity contribution is -0.152. The van der Waals surface area contributed by atoms with Gasteiger partial charge in [-0.1, -0.05) is 18.2 Å². The second-order valence-electron chi connectivity index (χ2n) is 6.34. The Bertz CT molecular complexity index is 1160. The summed E-state index contributed by atoms with van der Waals surface area (Å²) in [4.78, 5) is 36.5. The van der Waals surface area contributed by atoms with Crippen LogP contribution in [0.4, 0.5) is 14.5 Å². The van der Waals surface area contributed by atoms with E-state index in [0.29, 0.717) is 16.5 Å². The highest BCUT2D eigenvalue weighted by atomic mass is 19.1. The number of nitrogens with one attached hydrogen (secondary N) is 1. The number of ether oxygens (including phenoxy) is 1. The predicted molar refractivity (Wildman–Crippen MR) is 101 cm³/mol. The molecule has 0 unspecified atom stereocenters. The Kier molecular flexibility index (Phi) is 5.67. The van der Waals surface area contributed by atoms with E-state index in [1.807, 2.05) is 0 Å². The van der Waals surface area contributed by atoms with Crippen molar-refractivity contribution in [3.05, 3.63) is 70.1 Å². The van der Waals surface area contributed by atoms with Crippen LogP contribution in [0.1, 0.15) is 12.6 Å². The average molecular weight is 401 g/mol. The number of esters is 1. The molecule has 0 bridgehead atoms. The van der Waals surface area contributed by atoms with Crippen molar-refractivity contribution in [2.24, 2.45) is 7.05 Å². The number of anilines is 1. The number of rotatable bonds is 5. The van der Waals surface area contributed by atoms with Crippen LogP contribution < -0.4 is 10.9 Å². The molecule has 0 saturated carbocycles. The Morgan fingerprint density at radius 1 is 1.17 bits per heavy atom. The zero-order valence-electron chi connectivity index (χ0n) is 15.6. The quantitative estimate of drug-likeness (QED) is 0.663. The topological polar surface area (TPSA) is 90.3 Å². The number of hydrogen-bond acceptors (Lipinski definition) is 5. The third kappa shape index (κ3) is 4.45. The highest BCUT2D eigenvalue weighted by Gasteiger charge is 2.21. The standard InChI is InChI=1S/C20H17F2N3O4/c1-11(19(27)23-17-9-12(21)7-8-15(17)22)29-18(26)10-16-13-5-3-4-6-14(13)20(28)25(2)24-16/h3-9,11H,10H2,1-2H3,(H,23,27)/t11-/m0/s1. The summed E-state index contributed by atoms with van der Waals surface area (Å²) in [7, 11) is 1.47. The molecule has 1 aromatic heterocycles. The highest BCUT2D eigenvalue weighted by Crippen LogP contribution is 2.17. The van der Waals surface area contributed by atoms with Crippen molar-refractivity contribution in [1.29, 1.82) is 0 Å². The molecule has 1 N–H and O–H groups in total. The van der Waals surface area contributed by atoms with Gasteiger partial charge in [-0.2, -0.15) is 5.10 Å². The average Bonchev–Trinajstić information content (AvgIpc) is 2.68. The van der Waals surface area contributed by atoms with Gasteiger partial charge >= 0.3 is 5.97 Å². The highest BCUT2D eigenvalue weighted by molar-refractivity contribution is 5.95. The third-order valence-electron chi connectivity index (χ3n) is 4.21. The van der Waals surface area contributed by atoms with Gasteiger partial charge in [-0.15, -0.1) is 0 Å². The van der Waals surface area contributed by atoms with Crippen molar-refractivity contribution in [3.63, 3.8) is 0 Å². The molecule has 0 fully saturated rings. The Balaban J connectivity index is 1.71. The first-order chi connectivity index (χ1) is 13.8. The first-order valence-corrected chi connectivity index (χ1v) is 8.66. The first-order valence-electron chi connectivity index (χ1n) is 8.66. The van der Waals surface area contributed by atoms with Gasteiger partial charge in [-0.05, 0) is 25.1 Å². The Morgan fingerprint density at radius 2 is 1.86 bits per heavy atom. The summed E-state index contributed by atoms with van der Waals surface area (Å²) in [6.07, 6.45) is -1.54. The molecule has 0 aliphatic heterocycles. The van der Waals surface area contributed by atoms with Crippen molar-refractivity contribution >= 4 is 28.3 Å². The Morgan fingerprint density at radius 3 is 2.59 bits per heavy atom. The van der Waals surface area contributed by atoms with Crippen LogP contribution in [-0.4, -0.2) is 27.8 Å². The third-order valence-corrected chi connectivity index (χ3v) is 4.21. The van der Waals surface area contributed by atoms with Gasteiger partial charge in [0.25, 0.3) is 11.5 Å². The number of carbonyl (C=O) groups excluding carboxylic acids is 2. The van der Waals surface area contributed by atoms with Gasteiger partial charge in [0.2, 0.25) is 0 Å². The summed E-state index contributed by atoms with van der Waals surface area (Å²) in [6.45, 7) is 1.30. The lowest BCUT2D eigenvalue weighted by atomic mass is 10.1. The number of aryl methyl sites for hydroxylation is 1. The van der Waals surface area contributed by atoms with Crippen LogP contribution in [-0.2, 0) is 27.8 Å². The van der Waals surface area contributed by atoms with Crippen LogP contribution in [0.25, 0.3) is 10.8 Å². The maximum Gasteiger partial charge on any atom is 0.312 e. The molecule has 2 aromatic carbocycles. The van der Waals surface area contributed by atoms with Crippen molar-refractivity contribution in [2.75, 3.05) is 5.32 Å². The summed E-state index contributed by atoms with van der Waals surface area (Å²) in [5.74, 6) is -3.12. The molecule has 150 valence electrons. The van der Waals surface area contributed by atoms with E-state index in [1.54, 1.807) is 24.3 Å². The second kappa shape index (κ2) is 8.17. The number of benzene rings is 2. The lowest BCUT2D eigenvalue weighted by Gasteiger charge is -2.14. The van der Waals surface area contributed by atoms with Crippen molar-refractivity contribution < 1.29 is 23.1 Å². The Hall–Kier alpha value is -3.62. The van der Waals surface area contributed by atoms with E-state index in [1.165, 1.54) is 14.0 Å². The molecule has 7 nitrogen and oxygen atoms in total. The number of halogens is 2. The molecule has 1 atom stereocenters. The lowest BCUT2D eigenvalue weighted by Crippen LogP contribution is -2.31. The molecule has 0 aliphatic rings. The van der Waals surface area contributed by atoms with Gasteiger partial charge < -0.3 is 10.1 Å². The van der Waals surface area contributed by atoms with Gasteiger partial charge in [-0.3, -0.25) is 14.4 Å². The fourth-order valence-electron chi connectivity index (χ4n) is 2.76. The summed E-state index contributed by atoms with van der Waals surface area (Å²) < 4.78 is 33.0. The zero-order valence-corrected chi connectivity index (χ0v) is 15.6. The number of aromatic nitrogens is 2. The minimum absolute atomic E-state index is 0.277. The summed E-state index contributed by atoms with van der Waals surface area (Å²) in [5.41, 5.74) is -0.345. The summed E-state index contributed by atoms with van der Waals surface area (Å²) in [5, 5.41) is 7.18. The van der Waals surface area contributed by atoms with Crippen molar-refractivity contribution in [2.45, 2.75) is 19.4 Å². The first kappa shape index (κ1) is 20.1. The van der Waals surface area contributed by atoms with Crippen molar-refractivity contribution in [1.82, 2.24) is 9.78 Å². The number of amides is 1. The number of carbonyl (C=O) groups is 2. The predicted octanol–water partition coefficient (Wildman–Crippen LogP) is 2.32. The van der Waals surface area contributed by atoms with Gasteiger partial charge in [-0.25, -0.2) is 13.5 Å². The molecule has 1 heterocycles. The van der Waals surface area contributed by atoms with Crippen LogP contribution in [0.3, 0.4) is 0 Å². The number of hydrogen-bond donors (Lipinski definition) is 1. The van der Waals surface area contributed by atoms with E-state index in [0.717, 1.165) is 22.9 Å². The number of nitrogens with zero attached hydrogens (tertiary/aromatic N) is 2. The van der Waals surface area contributed by atoms with E-state index in [4.69, 9.17) is 4.74 Å². The van der Waals surface area contributed by atoms with E-state index in [-0.39, 0.29) is 17.7 Å². The van der Waals surface area contributed by atoms with Crippen molar-refractivity contribution in [3.8, 4) is 0 Å². The monoisotopic (exact) mass is 401 g/mol. The van der Waals surface area contributed by atoms with Crippen LogP contribution in [0.2, 0.25) is 0 Å². The molecule has 0 spiro atoms. The smallest absolute Gasteiger partial charge is 0.312 e. The summed E-state index contributed by atoms with van der Waals surface area (Å²) >= 11 is 0. The zero-order chi connectivity index (χ0) is 21.1. The number of fused-ring (bicyclic) bond motifs is 1. The van der Waals surface area contributed by atoms with Gasteiger partial charge in [0.05, 0.1) is 23.2 Å². The van der Waals surface area contributed by atoms with Gasteiger partial charge in [0.1, 0.15) is 11.6 Å². The molecular weight excluding hydrogens is 384 g/mol. The maximum atomic E-state index is 13.6. The van der Waals surface area contributed by atoms with Crippen LogP contribution in [0, 0.1) is 11.6 Å². The molecule has 1 amide bonds. The molecule has 29 heavy (non-hydrogen) atoms. The van der Waals surface area contributed by atoms with Crippen LogP contribution in [0.15, 0.2) is 47.3 Å². The fourth-order valence-corrected chi connectivity index (χ4v) is 2.76. The molecule has 9 heteroatoms. The van der Waals surface area contributed by atoms with Gasteiger partial charge in [0.15, 0.2) is 6.10 Å². The van der Waals surface area contributed by atoms with E-state index < -0.39 is 29.6 Å². The largest absolute Gasteiger partial charge is 0.452 e. The maximum absolute atomic E-state index is 13.6. The van der Waals surface area contributed by atoms with E-state index in [9.17, 15) is 23.2 Å². The van der Waals surface area contributed by atoms with Gasteiger partial charge in [0, 0.05) is 18.5 Å². The second-order valence-corrected chi connectivity index (χ2v) is 6.34. The molecule has 0 radical (unpaired) electrons. The summed E-state index contributed by atoms with van der Waals surface area (Å²) in [6, 6.07) is 9.30. The molecule has 0 saturated heterocycles. The molecule has 3 rings (SSSR count). The Labute approximate surface area is 163 Å².